The molecule has 18 heavy (non-hydrogen) atoms. The summed E-state index contributed by atoms with van der Waals surface area (Å²) in [6.07, 6.45) is 1.72. The zero-order chi connectivity index (χ0) is 13.0. The standard InChI is InChI=1S/C10H14ClN5O2/c11-3-1-9(17)15-10(18)14-8-2-4-13-16(8)7-5-12-6-7/h2,4,7,12H,1,3,5-6H2,(H2,14,15,17,18). The van der Waals surface area contributed by atoms with Crippen molar-refractivity contribution in [2.75, 3.05) is 24.3 Å². The van der Waals surface area contributed by atoms with Gasteiger partial charge in [0, 0.05) is 31.5 Å². The molecule has 1 aliphatic heterocycles. The van der Waals surface area contributed by atoms with E-state index in [0.717, 1.165) is 13.1 Å². The van der Waals surface area contributed by atoms with Crippen LogP contribution in [0.2, 0.25) is 0 Å². The van der Waals surface area contributed by atoms with Crippen molar-refractivity contribution in [1.29, 1.82) is 0 Å². The third-order valence-electron chi connectivity index (χ3n) is 2.59. The average Bonchev–Trinajstić information content (AvgIpc) is 2.63. The van der Waals surface area contributed by atoms with E-state index < -0.39 is 11.9 Å². The number of rotatable bonds is 4. The number of anilines is 1. The number of carbonyl (C=O) groups is 2. The van der Waals surface area contributed by atoms with Crippen molar-refractivity contribution in [3.05, 3.63) is 12.3 Å². The number of hydrogen-bond acceptors (Lipinski definition) is 4. The van der Waals surface area contributed by atoms with E-state index >= 15 is 0 Å². The lowest BCUT2D eigenvalue weighted by Gasteiger charge is -2.28. The summed E-state index contributed by atoms with van der Waals surface area (Å²) in [5, 5.41) is 12.0. The van der Waals surface area contributed by atoms with Crippen LogP contribution in [-0.2, 0) is 4.79 Å². The smallest absolute Gasteiger partial charge is 0.312 e. The molecule has 0 unspecified atom stereocenters. The van der Waals surface area contributed by atoms with Gasteiger partial charge in [-0.1, -0.05) is 0 Å². The molecule has 3 amide bonds. The van der Waals surface area contributed by atoms with E-state index in [1.54, 1.807) is 16.9 Å². The molecule has 1 aliphatic rings. The fourth-order valence-corrected chi connectivity index (χ4v) is 1.74. The van der Waals surface area contributed by atoms with E-state index in [1.807, 2.05) is 0 Å². The summed E-state index contributed by atoms with van der Waals surface area (Å²) in [5.41, 5.74) is 0. The lowest BCUT2D eigenvalue weighted by molar-refractivity contribution is -0.119. The molecule has 0 saturated carbocycles. The van der Waals surface area contributed by atoms with Gasteiger partial charge in [-0.2, -0.15) is 5.10 Å². The van der Waals surface area contributed by atoms with Crippen molar-refractivity contribution in [2.24, 2.45) is 0 Å². The van der Waals surface area contributed by atoms with Gasteiger partial charge < -0.3 is 5.32 Å². The van der Waals surface area contributed by atoms with Crippen LogP contribution < -0.4 is 16.0 Å². The normalized spacial score (nSPS) is 14.9. The van der Waals surface area contributed by atoms with Gasteiger partial charge in [0.2, 0.25) is 5.91 Å². The second-order valence-electron chi connectivity index (χ2n) is 3.91. The predicted octanol–water partition coefficient (Wildman–Crippen LogP) is 0.304. The molecule has 0 radical (unpaired) electrons. The maximum Gasteiger partial charge on any atom is 0.327 e. The highest BCUT2D eigenvalue weighted by molar-refractivity contribution is 6.19. The van der Waals surface area contributed by atoms with Crippen molar-refractivity contribution >= 4 is 29.4 Å². The van der Waals surface area contributed by atoms with Gasteiger partial charge in [0.05, 0.1) is 12.2 Å². The average molecular weight is 272 g/mol. The van der Waals surface area contributed by atoms with Crippen molar-refractivity contribution in [1.82, 2.24) is 20.4 Å². The first-order chi connectivity index (χ1) is 8.70. The highest BCUT2D eigenvalue weighted by Gasteiger charge is 2.22. The van der Waals surface area contributed by atoms with Crippen LogP contribution in [0.4, 0.5) is 10.6 Å². The number of aromatic nitrogens is 2. The van der Waals surface area contributed by atoms with Crippen LogP contribution >= 0.6 is 11.6 Å². The second kappa shape index (κ2) is 5.83. The minimum absolute atomic E-state index is 0.112. The highest BCUT2D eigenvalue weighted by Crippen LogP contribution is 2.17. The Morgan fingerprint density at radius 1 is 1.56 bits per heavy atom. The lowest BCUT2D eigenvalue weighted by atomic mass is 10.2. The maximum atomic E-state index is 11.5. The molecule has 2 heterocycles. The summed E-state index contributed by atoms with van der Waals surface area (Å²) >= 11 is 5.40. The van der Waals surface area contributed by atoms with Crippen LogP contribution in [0.1, 0.15) is 12.5 Å². The Labute approximate surface area is 109 Å². The van der Waals surface area contributed by atoms with Gasteiger partial charge in [-0.05, 0) is 0 Å². The van der Waals surface area contributed by atoms with Gasteiger partial charge in [0.15, 0.2) is 0 Å². The Balaban J connectivity index is 1.90. The van der Waals surface area contributed by atoms with E-state index in [9.17, 15) is 9.59 Å². The van der Waals surface area contributed by atoms with E-state index in [2.05, 4.69) is 21.0 Å². The van der Waals surface area contributed by atoms with E-state index in [4.69, 9.17) is 11.6 Å². The monoisotopic (exact) mass is 271 g/mol. The molecule has 1 saturated heterocycles. The molecule has 1 fully saturated rings. The van der Waals surface area contributed by atoms with Gasteiger partial charge in [-0.3, -0.25) is 15.4 Å². The van der Waals surface area contributed by atoms with Crippen LogP contribution in [-0.4, -0.2) is 40.7 Å². The molecule has 0 aliphatic carbocycles. The van der Waals surface area contributed by atoms with Gasteiger partial charge in [0.25, 0.3) is 0 Å². The van der Waals surface area contributed by atoms with Crippen LogP contribution in [0.3, 0.4) is 0 Å². The summed E-state index contributed by atoms with van der Waals surface area (Å²) in [5.74, 6) is 0.349. The summed E-state index contributed by atoms with van der Waals surface area (Å²) in [6, 6.07) is 1.36. The summed E-state index contributed by atoms with van der Waals surface area (Å²) in [7, 11) is 0. The zero-order valence-electron chi connectivity index (χ0n) is 9.65. The first-order valence-electron chi connectivity index (χ1n) is 5.61. The molecule has 0 atom stereocenters. The Morgan fingerprint density at radius 3 is 2.94 bits per heavy atom. The fourth-order valence-electron chi connectivity index (χ4n) is 1.57. The number of alkyl halides is 1. The Hall–Kier alpha value is -1.60. The summed E-state index contributed by atoms with van der Waals surface area (Å²) < 4.78 is 1.72. The second-order valence-corrected chi connectivity index (χ2v) is 4.29. The molecule has 1 aromatic rings. The highest BCUT2D eigenvalue weighted by atomic mass is 35.5. The quantitative estimate of drug-likeness (QED) is 0.688. The molecule has 7 nitrogen and oxygen atoms in total. The fraction of sp³-hybridized carbons (Fsp3) is 0.500. The van der Waals surface area contributed by atoms with E-state index in [1.165, 1.54) is 0 Å². The van der Waals surface area contributed by atoms with Crippen LogP contribution in [0.25, 0.3) is 0 Å². The van der Waals surface area contributed by atoms with E-state index in [-0.39, 0.29) is 18.3 Å². The molecule has 3 N–H and O–H groups in total. The largest absolute Gasteiger partial charge is 0.327 e. The van der Waals surface area contributed by atoms with Gasteiger partial charge >= 0.3 is 6.03 Å². The van der Waals surface area contributed by atoms with Crippen molar-refractivity contribution in [2.45, 2.75) is 12.5 Å². The number of amides is 3. The molecular weight excluding hydrogens is 258 g/mol. The van der Waals surface area contributed by atoms with Gasteiger partial charge in [-0.25, -0.2) is 9.48 Å². The van der Waals surface area contributed by atoms with E-state index in [0.29, 0.717) is 5.82 Å². The Morgan fingerprint density at radius 2 is 2.33 bits per heavy atom. The van der Waals surface area contributed by atoms with Crippen molar-refractivity contribution in [3.63, 3.8) is 0 Å². The zero-order valence-corrected chi connectivity index (χ0v) is 10.4. The van der Waals surface area contributed by atoms with Crippen LogP contribution in [0, 0.1) is 0 Å². The maximum absolute atomic E-state index is 11.5. The van der Waals surface area contributed by atoms with Crippen molar-refractivity contribution in [3.8, 4) is 0 Å². The summed E-state index contributed by atoms with van der Waals surface area (Å²) in [6.45, 7) is 1.65. The molecule has 0 aromatic carbocycles. The molecule has 1 aromatic heterocycles. The molecule has 0 bridgehead atoms. The predicted molar refractivity (Wildman–Crippen MR) is 66.6 cm³/mol. The Bertz CT molecular complexity index is 443. The minimum Gasteiger partial charge on any atom is -0.312 e. The third-order valence-corrected chi connectivity index (χ3v) is 2.78. The van der Waals surface area contributed by atoms with Crippen molar-refractivity contribution < 1.29 is 9.59 Å². The molecule has 0 spiro atoms. The number of imide groups is 1. The SMILES string of the molecule is O=C(CCCl)NC(=O)Nc1ccnn1C1CNC1. The van der Waals surface area contributed by atoms with Gasteiger partial charge in [0.1, 0.15) is 5.82 Å². The van der Waals surface area contributed by atoms with Crippen LogP contribution in [0.5, 0.6) is 0 Å². The number of hydrogen-bond donors (Lipinski definition) is 3. The number of carbonyl (C=O) groups excluding carboxylic acids is 2. The lowest BCUT2D eigenvalue weighted by Crippen LogP contribution is -2.44. The number of nitrogens with zero attached hydrogens (tertiary/aromatic N) is 2. The number of urea groups is 1. The Kier molecular flexibility index (Phi) is 4.16. The molecule has 98 valence electrons. The van der Waals surface area contributed by atoms with Crippen LogP contribution in [0.15, 0.2) is 12.3 Å². The topological polar surface area (TPSA) is 88.1 Å². The van der Waals surface area contributed by atoms with Gasteiger partial charge in [-0.15, -0.1) is 11.6 Å². The minimum atomic E-state index is -0.570. The molecular formula is C10H14ClN5O2. The number of nitrogens with one attached hydrogen (secondary N) is 3. The summed E-state index contributed by atoms with van der Waals surface area (Å²) in [4.78, 5) is 22.7. The molecule has 8 heteroatoms. The third kappa shape index (κ3) is 2.99. The first kappa shape index (κ1) is 12.8. The first-order valence-corrected chi connectivity index (χ1v) is 6.15. The molecule has 2 rings (SSSR count). The number of halogens is 1.